The van der Waals surface area contributed by atoms with Crippen molar-refractivity contribution in [3.8, 4) is 0 Å². The summed E-state index contributed by atoms with van der Waals surface area (Å²) in [6, 6.07) is 16.3. The molecule has 2 nitrogen and oxygen atoms in total. The van der Waals surface area contributed by atoms with E-state index in [4.69, 9.17) is 0 Å². The molecule has 0 aromatic heterocycles. The van der Waals surface area contributed by atoms with E-state index in [0.29, 0.717) is 6.04 Å². The SMILES string of the molecule is CN1CCN(C2c3ccccc3CCc3ccc(Br)cc32)CC1. The molecule has 0 bridgehead atoms. The van der Waals surface area contributed by atoms with Gasteiger partial charge in [-0.2, -0.15) is 0 Å². The minimum absolute atomic E-state index is 0.398. The minimum Gasteiger partial charge on any atom is -0.304 e. The van der Waals surface area contributed by atoms with Crippen molar-refractivity contribution in [3.63, 3.8) is 0 Å². The van der Waals surface area contributed by atoms with E-state index < -0.39 is 0 Å². The molecular formula is C20H23BrN2. The summed E-state index contributed by atoms with van der Waals surface area (Å²) in [4.78, 5) is 5.11. The average Bonchev–Trinajstić information content (AvgIpc) is 2.72. The number of fused-ring (bicyclic) bond motifs is 2. The Hall–Kier alpha value is -1.16. The van der Waals surface area contributed by atoms with Gasteiger partial charge in [0, 0.05) is 30.7 Å². The molecule has 1 aliphatic heterocycles. The van der Waals surface area contributed by atoms with Crippen LogP contribution in [-0.4, -0.2) is 43.0 Å². The van der Waals surface area contributed by atoms with E-state index in [9.17, 15) is 0 Å². The van der Waals surface area contributed by atoms with Gasteiger partial charge in [-0.3, -0.25) is 4.90 Å². The standard InChI is InChI=1S/C20H23BrN2/c1-22-10-12-23(13-11-22)20-18-5-3-2-4-15(18)6-7-16-8-9-17(21)14-19(16)20/h2-5,8-9,14,20H,6-7,10-13H2,1H3. The second kappa shape index (κ2) is 6.39. The lowest BCUT2D eigenvalue weighted by atomic mass is 9.93. The van der Waals surface area contributed by atoms with Crippen LogP contribution in [0.2, 0.25) is 0 Å². The Kier molecular flexibility index (Phi) is 4.27. The van der Waals surface area contributed by atoms with E-state index >= 15 is 0 Å². The van der Waals surface area contributed by atoms with Gasteiger partial charge < -0.3 is 4.90 Å². The first-order valence-corrected chi connectivity index (χ1v) is 9.30. The summed E-state index contributed by atoms with van der Waals surface area (Å²) in [6.07, 6.45) is 2.29. The molecule has 4 rings (SSSR count). The number of hydrogen-bond acceptors (Lipinski definition) is 2. The normalized spacial score (nSPS) is 22.3. The third kappa shape index (κ3) is 2.98. The highest BCUT2D eigenvalue weighted by Gasteiger charge is 2.30. The Morgan fingerprint density at radius 1 is 0.870 bits per heavy atom. The van der Waals surface area contributed by atoms with E-state index in [-0.39, 0.29) is 0 Å². The molecule has 1 saturated heterocycles. The Bertz CT molecular complexity index is 705. The molecule has 2 aliphatic rings. The van der Waals surface area contributed by atoms with E-state index in [0.717, 1.165) is 39.0 Å². The summed E-state index contributed by atoms with van der Waals surface area (Å²) in [7, 11) is 2.23. The van der Waals surface area contributed by atoms with Crippen molar-refractivity contribution in [2.75, 3.05) is 33.2 Å². The summed E-state index contributed by atoms with van der Waals surface area (Å²) in [5, 5.41) is 0. The van der Waals surface area contributed by atoms with Crippen LogP contribution in [0.25, 0.3) is 0 Å². The molecule has 0 N–H and O–H groups in total. The van der Waals surface area contributed by atoms with Crippen molar-refractivity contribution < 1.29 is 0 Å². The van der Waals surface area contributed by atoms with Crippen LogP contribution in [-0.2, 0) is 12.8 Å². The second-order valence-electron chi connectivity index (χ2n) is 6.78. The number of likely N-dealkylation sites (N-methyl/N-ethyl adjacent to an activating group) is 1. The monoisotopic (exact) mass is 370 g/mol. The van der Waals surface area contributed by atoms with E-state index in [1.807, 2.05) is 0 Å². The van der Waals surface area contributed by atoms with Crippen LogP contribution < -0.4 is 0 Å². The summed E-state index contributed by atoms with van der Waals surface area (Å²) in [5.41, 5.74) is 6.03. The van der Waals surface area contributed by atoms with Crippen LogP contribution in [0.1, 0.15) is 28.3 Å². The number of benzene rings is 2. The van der Waals surface area contributed by atoms with Gasteiger partial charge in [-0.05, 0) is 54.3 Å². The number of halogens is 1. The zero-order valence-corrected chi connectivity index (χ0v) is 15.2. The maximum atomic E-state index is 3.69. The molecule has 2 aromatic rings. The third-order valence-electron chi connectivity index (χ3n) is 5.32. The predicted octanol–water partition coefficient (Wildman–Crippen LogP) is 3.88. The zero-order chi connectivity index (χ0) is 15.8. The fourth-order valence-corrected chi connectivity index (χ4v) is 4.37. The smallest absolute Gasteiger partial charge is 0.0608 e. The number of aryl methyl sites for hydroxylation is 2. The molecular weight excluding hydrogens is 348 g/mol. The molecule has 1 heterocycles. The van der Waals surface area contributed by atoms with Gasteiger partial charge in [0.2, 0.25) is 0 Å². The van der Waals surface area contributed by atoms with Gasteiger partial charge in [-0.15, -0.1) is 0 Å². The summed E-state index contributed by atoms with van der Waals surface area (Å²) < 4.78 is 1.19. The second-order valence-corrected chi connectivity index (χ2v) is 7.70. The fraction of sp³-hybridized carbons (Fsp3) is 0.400. The van der Waals surface area contributed by atoms with Crippen LogP contribution in [0.3, 0.4) is 0 Å². The van der Waals surface area contributed by atoms with E-state index in [1.54, 1.807) is 0 Å². The molecule has 0 spiro atoms. The molecule has 3 heteroatoms. The highest BCUT2D eigenvalue weighted by atomic mass is 79.9. The van der Waals surface area contributed by atoms with Gasteiger partial charge in [0.15, 0.2) is 0 Å². The van der Waals surface area contributed by atoms with Gasteiger partial charge in [0.1, 0.15) is 0 Å². The molecule has 0 saturated carbocycles. The molecule has 1 unspecified atom stereocenters. The third-order valence-corrected chi connectivity index (χ3v) is 5.81. The van der Waals surface area contributed by atoms with E-state index in [1.165, 1.54) is 26.7 Å². The van der Waals surface area contributed by atoms with Crippen molar-refractivity contribution >= 4 is 15.9 Å². The Morgan fingerprint density at radius 3 is 2.35 bits per heavy atom. The van der Waals surface area contributed by atoms with Crippen LogP contribution in [0.15, 0.2) is 46.9 Å². The van der Waals surface area contributed by atoms with Gasteiger partial charge in [-0.25, -0.2) is 0 Å². The first-order valence-electron chi connectivity index (χ1n) is 8.51. The Morgan fingerprint density at radius 2 is 1.57 bits per heavy atom. The predicted molar refractivity (Wildman–Crippen MR) is 98.9 cm³/mol. The van der Waals surface area contributed by atoms with Crippen molar-refractivity contribution in [3.05, 3.63) is 69.2 Å². The lowest BCUT2D eigenvalue weighted by Gasteiger charge is -2.39. The van der Waals surface area contributed by atoms with E-state index in [2.05, 4.69) is 75.2 Å². The molecule has 1 aliphatic carbocycles. The highest BCUT2D eigenvalue weighted by molar-refractivity contribution is 9.10. The highest BCUT2D eigenvalue weighted by Crippen LogP contribution is 2.38. The van der Waals surface area contributed by atoms with Gasteiger partial charge in [0.25, 0.3) is 0 Å². The largest absolute Gasteiger partial charge is 0.304 e. The number of hydrogen-bond donors (Lipinski definition) is 0. The lowest BCUT2D eigenvalue weighted by Crippen LogP contribution is -2.46. The quantitative estimate of drug-likeness (QED) is 0.751. The molecule has 1 fully saturated rings. The summed E-state index contributed by atoms with van der Waals surface area (Å²) in [5.74, 6) is 0. The van der Waals surface area contributed by atoms with Crippen LogP contribution in [0.4, 0.5) is 0 Å². The Balaban J connectivity index is 1.83. The lowest BCUT2D eigenvalue weighted by molar-refractivity contribution is 0.127. The van der Waals surface area contributed by atoms with Crippen LogP contribution in [0, 0.1) is 0 Å². The maximum absolute atomic E-state index is 3.69. The van der Waals surface area contributed by atoms with Crippen molar-refractivity contribution in [1.82, 2.24) is 9.80 Å². The first kappa shape index (κ1) is 15.4. The minimum atomic E-state index is 0.398. The van der Waals surface area contributed by atoms with Crippen LogP contribution >= 0.6 is 15.9 Å². The fourth-order valence-electron chi connectivity index (χ4n) is 3.99. The van der Waals surface area contributed by atoms with Crippen molar-refractivity contribution in [2.45, 2.75) is 18.9 Å². The number of rotatable bonds is 1. The number of nitrogens with zero attached hydrogens (tertiary/aromatic N) is 2. The zero-order valence-electron chi connectivity index (χ0n) is 13.6. The molecule has 23 heavy (non-hydrogen) atoms. The first-order chi connectivity index (χ1) is 11.2. The molecule has 120 valence electrons. The van der Waals surface area contributed by atoms with Crippen molar-refractivity contribution in [2.24, 2.45) is 0 Å². The topological polar surface area (TPSA) is 6.48 Å². The summed E-state index contributed by atoms with van der Waals surface area (Å²) in [6.45, 7) is 4.59. The Labute approximate surface area is 147 Å². The van der Waals surface area contributed by atoms with Crippen LogP contribution in [0.5, 0.6) is 0 Å². The molecule has 0 radical (unpaired) electrons. The molecule has 2 aromatic carbocycles. The number of piperazine rings is 1. The average molecular weight is 371 g/mol. The molecule has 0 amide bonds. The van der Waals surface area contributed by atoms with Gasteiger partial charge >= 0.3 is 0 Å². The summed E-state index contributed by atoms with van der Waals surface area (Å²) >= 11 is 3.69. The van der Waals surface area contributed by atoms with Gasteiger partial charge in [-0.1, -0.05) is 46.3 Å². The van der Waals surface area contributed by atoms with Gasteiger partial charge in [0.05, 0.1) is 6.04 Å². The van der Waals surface area contributed by atoms with Crippen molar-refractivity contribution in [1.29, 1.82) is 0 Å². The molecule has 1 atom stereocenters. The maximum Gasteiger partial charge on any atom is 0.0608 e.